The molecular weight excluding hydrogens is 400 g/mol. The lowest BCUT2D eigenvalue weighted by Crippen LogP contribution is -2.39. The largest absolute Gasteiger partial charge is 0.465 e. The summed E-state index contributed by atoms with van der Waals surface area (Å²) in [6.07, 6.45) is 0.484. The van der Waals surface area contributed by atoms with Gasteiger partial charge in [0.05, 0.1) is 30.2 Å². The number of benzene rings is 1. The van der Waals surface area contributed by atoms with E-state index in [1.54, 1.807) is 18.7 Å². The van der Waals surface area contributed by atoms with E-state index in [0.29, 0.717) is 13.0 Å². The van der Waals surface area contributed by atoms with Crippen LogP contribution in [0.5, 0.6) is 0 Å². The van der Waals surface area contributed by atoms with Crippen LogP contribution >= 0.6 is 0 Å². The van der Waals surface area contributed by atoms with Gasteiger partial charge in [0.25, 0.3) is 0 Å². The predicted octanol–water partition coefficient (Wildman–Crippen LogP) is 1.14. The van der Waals surface area contributed by atoms with Gasteiger partial charge in [-0.25, -0.2) is 18.0 Å². The van der Waals surface area contributed by atoms with Crippen molar-refractivity contribution in [2.75, 3.05) is 40.4 Å². The summed E-state index contributed by atoms with van der Waals surface area (Å²) in [6.45, 7) is 4.69. The van der Waals surface area contributed by atoms with Crippen molar-refractivity contribution in [3.05, 3.63) is 29.3 Å². The number of methoxy groups -OCH3 is 2. The van der Waals surface area contributed by atoms with E-state index in [1.165, 1.54) is 22.5 Å². The zero-order valence-corrected chi connectivity index (χ0v) is 17.8. The van der Waals surface area contributed by atoms with E-state index in [-0.39, 0.29) is 47.5 Å². The molecule has 1 fully saturated rings. The molecule has 1 aromatic rings. The maximum Gasteiger partial charge on any atom is 0.337 e. The van der Waals surface area contributed by atoms with Gasteiger partial charge in [-0.2, -0.15) is 4.31 Å². The van der Waals surface area contributed by atoms with Gasteiger partial charge < -0.3 is 14.4 Å². The van der Waals surface area contributed by atoms with Gasteiger partial charge in [-0.05, 0) is 24.6 Å². The second-order valence-corrected chi connectivity index (χ2v) is 8.90. The van der Waals surface area contributed by atoms with Crippen LogP contribution in [-0.4, -0.2) is 75.9 Å². The number of nitrogens with zero attached hydrogens (tertiary/aromatic N) is 2. The Morgan fingerprint density at radius 2 is 1.45 bits per heavy atom. The fraction of sp³-hybridized carbons (Fsp3) is 0.526. The summed E-state index contributed by atoms with van der Waals surface area (Å²) in [6, 6.07) is 3.58. The Kier molecular flexibility index (Phi) is 7.37. The maximum atomic E-state index is 13.2. The highest BCUT2D eigenvalue weighted by Crippen LogP contribution is 2.22. The Morgan fingerprint density at radius 3 is 1.93 bits per heavy atom. The van der Waals surface area contributed by atoms with Crippen molar-refractivity contribution in [2.45, 2.75) is 25.2 Å². The van der Waals surface area contributed by atoms with Crippen molar-refractivity contribution in [2.24, 2.45) is 5.92 Å². The number of sulfonamides is 1. The van der Waals surface area contributed by atoms with E-state index in [2.05, 4.69) is 9.47 Å². The van der Waals surface area contributed by atoms with Crippen LogP contribution in [0.3, 0.4) is 0 Å². The quantitative estimate of drug-likeness (QED) is 0.649. The standard InChI is InChI=1S/C19H26N2O7S/c1-13(2)17(22)20-6-5-7-21(9-8-20)29(25,26)16-11-14(18(23)27-3)10-15(12-16)19(24)28-4/h10-13H,5-9H2,1-4H3. The number of hydrogen-bond donors (Lipinski definition) is 0. The van der Waals surface area contributed by atoms with Gasteiger partial charge in [-0.3, -0.25) is 4.79 Å². The summed E-state index contributed by atoms with van der Waals surface area (Å²) in [7, 11) is -1.68. The SMILES string of the molecule is COC(=O)c1cc(C(=O)OC)cc(S(=O)(=O)N2CCCN(C(=O)C(C)C)CC2)c1. The molecule has 9 nitrogen and oxygen atoms in total. The molecule has 0 aliphatic carbocycles. The van der Waals surface area contributed by atoms with Crippen LogP contribution in [0.2, 0.25) is 0 Å². The molecule has 0 unspecified atom stereocenters. The highest BCUT2D eigenvalue weighted by Gasteiger charge is 2.30. The van der Waals surface area contributed by atoms with Crippen LogP contribution in [0.15, 0.2) is 23.1 Å². The monoisotopic (exact) mass is 426 g/mol. The smallest absolute Gasteiger partial charge is 0.337 e. The van der Waals surface area contributed by atoms with Crippen molar-refractivity contribution in [1.82, 2.24) is 9.21 Å². The fourth-order valence-electron chi connectivity index (χ4n) is 3.09. The molecule has 0 radical (unpaired) electrons. The lowest BCUT2D eigenvalue weighted by molar-refractivity contribution is -0.134. The first-order chi connectivity index (χ1) is 13.6. The second-order valence-electron chi connectivity index (χ2n) is 6.97. The third-order valence-corrected chi connectivity index (χ3v) is 6.52. The minimum Gasteiger partial charge on any atom is -0.465 e. The second kappa shape index (κ2) is 9.36. The van der Waals surface area contributed by atoms with E-state index >= 15 is 0 Å². The van der Waals surface area contributed by atoms with E-state index in [4.69, 9.17) is 0 Å². The van der Waals surface area contributed by atoms with Crippen molar-refractivity contribution in [3.8, 4) is 0 Å². The molecule has 0 saturated carbocycles. The number of rotatable bonds is 5. The number of amides is 1. The van der Waals surface area contributed by atoms with Crippen LogP contribution in [-0.2, 0) is 24.3 Å². The Labute approximate surface area is 170 Å². The van der Waals surface area contributed by atoms with Crippen molar-refractivity contribution in [1.29, 1.82) is 0 Å². The summed E-state index contributed by atoms with van der Waals surface area (Å²) in [4.78, 5) is 37.6. The van der Waals surface area contributed by atoms with Crippen molar-refractivity contribution < 1.29 is 32.3 Å². The van der Waals surface area contributed by atoms with Crippen LogP contribution < -0.4 is 0 Å². The maximum absolute atomic E-state index is 13.2. The van der Waals surface area contributed by atoms with Crippen LogP contribution in [0.1, 0.15) is 41.0 Å². The first-order valence-electron chi connectivity index (χ1n) is 9.22. The molecule has 1 amide bonds. The van der Waals surface area contributed by atoms with Gasteiger partial charge in [0.1, 0.15) is 0 Å². The topological polar surface area (TPSA) is 110 Å². The Bertz CT molecular complexity index is 862. The Hall–Kier alpha value is -2.46. The normalized spacial score (nSPS) is 15.7. The van der Waals surface area contributed by atoms with E-state index in [9.17, 15) is 22.8 Å². The number of ether oxygens (including phenoxy) is 2. The van der Waals surface area contributed by atoms with Crippen LogP contribution in [0.4, 0.5) is 0 Å². The molecule has 0 spiro atoms. The van der Waals surface area contributed by atoms with Gasteiger partial charge >= 0.3 is 11.9 Å². The number of hydrogen-bond acceptors (Lipinski definition) is 7. The zero-order chi connectivity index (χ0) is 21.8. The average Bonchev–Trinajstić information content (AvgIpc) is 2.98. The lowest BCUT2D eigenvalue weighted by atomic mass is 10.1. The minimum atomic E-state index is -4.00. The molecule has 0 atom stereocenters. The summed E-state index contributed by atoms with van der Waals surface area (Å²) in [5.41, 5.74) is -0.138. The fourth-order valence-corrected chi connectivity index (χ4v) is 4.63. The minimum absolute atomic E-state index is 0.0232. The average molecular weight is 426 g/mol. The van der Waals surface area contributed by atoms with Crippen molar-refractivity contribution >= 4 is 27.9 Å². The molecule has 10 heteroatoms. The van der Waals surface area contributed by atoms with Gasteiger partial charge in [0, 0.05) is 32.1 Å². The lowest BCUT2D eigenvalue weighted by Gasteiger charge is -2.23. The van der Waals surface area contributed by atoms with Gasteiger partial charge in [0.15, 0.2) is 0 Å². The summed E-state index contributed by atoms with van der Waals surface area (Å²) in [5.74, 6) is -1.73. The summed E-state index contributed by atoms with van der Waals surface area (Å²) in [5, 5.41) is 0. The van der Waals surface area contributed by atoms with Crippen LogP contribution in [0, 0.1) is 5.92 Å². The first-order valence-corrected chi connectivity index (χ1v) is 10.7. The van der Waals surface area contributed by atoms with Crippen LogP contribution in [0.25, 0.3) is 0 Å². The predicted molar refractivity (Wildman–Crippen MR) is 104 cm³/mol. The van der Waals surface area contributed by atoms with Crippen molar-refractivity contribution in [3.63, 3.8) is 0 Å². The Morgan fingerprint density at radius 1 is 0.897 bits per heavy atom. The summed E-state index contributed by atoms with van der Waals surface area (Å²) >= 11 is 0. The number of carbonyl (C=O) groups excluding carboxylic acids is 3. The van der Waals surface area contributed by atoms with E-state index in [0.717, 1.165) is 14.2 Å². The van der Waals surface area contributed by atoms with E-state index < -0.39 is 22.0 Å². The number of esters is 2. The molecule has 1 aliphatic heterocycles. The molecule has 160 valence electrons. The highest BCUT2D eigenvalue weighted by molar-refractivity contribution is 7.89. The number of carbonyl (C=O) groups is 3. The first kappa shape index (κ1) is 22.8. The van der Waals surface area contributed by atoms with Gasteiger partial charge in [-0.15, -0.1) is 0 Å². The molecule has 1 aromatic carbocycles. The third kappa shape index (κ3) is 5.13. The third-order valence-electron chi connectivity index (χ3n) is 4.65. The zero-order valence-electron chi connectivity index (χ0n) is 17.0. The molecule has 29 heavy (non-hydrogen) atoms. The molecule has 0 aromatic heterocycles. The van der Waals surface area contributed by atoms with E-state index in [1.807, 2.05) is 0 Å². The Balaban J connectivity index is 2.38. The molecular formula is C19H26N2O7S. The highest BCUT2D eigenvalue weighted by atomic mass is 32.2. The molecule has 0 bridgehead atoms. The molecule has 1 heterocycles. The van der Waals surface area contributed by atoms with Gasteiger partial charge in [-0.1, -0.05) is 13.8 Å². The molecule has 1 saturated heterocycles. The molecule has 1 aliphatic rings. The molecule has 2 rings (SSSR count). The molecule has 0 N–H and O–H groups in total. The van der Waals surface area contributed by atoms with Gasteiger partial charge in [0.2, 0.25) is 15.9 Å². The summed E-state index contributed by atoms with van der Waals surface area (Å²) < 4.78 is 37.0.